The van der Waals surface area contributed by atoms with Gasteiger partial charge < -0.3 is 14.7 Å². The molecular weight excluding hydrogens is 280 g/mol. The van der Waals surface area contributed by atoms with E-state index in [4.69, 9.17) is 4.84 Å². The van der Waals surface area contributed by atoms with Crippen LogP contribution >= 0.6 is 0 Å². The normalized spacial score (nSPS) is 20.9. The van der Waals surface area contributed by atoms with Gasteiger partial charge in [0.15, 0.2) is 0 Å². The van der Waals surface area contributed by atoms with Crippen molar-refractivity contribution in [2.45, 2.75) is 33.6 Å². The van der Waals surface area contributed by atoms with Crippen LogP contribution in [-0.2, 0) is 9.63 Å². The third-order valence-electron chi connectivity index (χ3n) is 4.25. The van der Waals surface area contributed by atoms with Crippen molar-refractivity contribution in [2.24, 2.45) is 0 Å². The molecule has 0 spiro atoms. The van der Waals surface area contributed by atoms with Gasteiger partial charge in [0.2, 0.25) is 5.91 Å². The number of carbonyl (C=O) groups is 1. The van der Waals surface area contributed by atoms with Gasteiger partial charge in [-0.15, -0.1) is 0 Å². The van der Waals surface area contributed by atoms with E-state index in [-0.39, 0.29) is 5.91 Å². The Morgan fingerprint density at radius 3 is 2.77 bits per heavy atom. The van der Waals surface area contributed by atoms with Crippen molar-refractivity contribution in [3.63, 3.8) is 0 Å². The van der Waals surface area contributed by atoms with E-state index in [2.05, 4.69) is 29.8 Å². The molecule has 0 N–H and O–H groups in total. The zero-order chi connectivity index (χ0) is 15.9. The fourth-order valence-corrected chi connectivity index (χ4v) is 3.33. The van der Waals surface area contributed by atoms with Crippen molar-refractivity contribution in [3.8, 4) is 0 Å². The molecule has 0 saturated heterocycles. The number of nitrogens with zero attached hydrogens (tertiary/aromatic N) is 4. The third kappa shape index (κ3) is 2.37. The van der Waals surface area contributed by atoms with Crippen LogP contribution in [0.5, 0.6) is 0 Å². The molecule has 3 heterocycles. The van der Waals surface area contributed by atoms with Gasteiger partial charge in [-0.2, -0.15) is 0 Å². The van der Waals surface area contributed by atoms with Gasteiger partial charge in [0.25, 0.3) is 0 Å². The van der Waals surface area contributed by atoms with Crippen LogP contribution in [0.25, 0.3) is 0 Å². The molecule has 0 aromatic rings. The highest BCUT2D eigenvalue weighted by molar-refractivity contribution is 5.76. The highest BCUT2D eigenvalue weighted by Crippen LogP contribution is 2.38. The van der Waals surface area contributed by atoms with Crippen LogP contribution in [0, 0.1) is 0 Å². The molecule has 6 heteroatoms. The Labute approximate surface area is 131 Å². The van der Waals surface area contributed by atoms with Gasteiger partial charge in [-0.05, 0) is 13.3 Å². The minimum Gasteiger partial charge on any atom is -0.333 e. The Morgan fingerprint density at radius 2 is 2.14 bits per heavy atom. The molecule has 0 aromatic heterocycles. The zero-order valence-electron chi connectivity index (χ0n) is 13.8. The van der Waals surface area contributed by atoms with E-state index < -0.39 is 0 Å². The lowest BCUT2D eigenvalue weighted by Gasteiger charge is -2.44. The Bertz CT molecular complexity index is 579. The van der Waals surface area contributed by atoms with E-state index in [1.165, 1.54) is 5.57 Å². The van der Waals surface area contributed by atoms with Gasteiger partial charge in [-0.3, -0.25) is 9.63 Å². The Balaban J connectivity index is 2.04. The topological polar surface area (TPSA) is 39.3 Å². The number of amides is 1. The summed E-state index contributed by atoms with van der Waals surface area (Å²) in [7, 11) is 1.67. The van der Waals surface area contributed by atoms with E-state index in [9.17, 15) is 4.79 Å². The van der Waals surface area contributed by atoms with Crippen molar-refractivity contribution in [2.75, 3.05) is 26.9 Å². The molecule has 3 aliphatic rings. The molecule has 0 fully saturated rings. The van der Waals surface area contributed by atoms with Crippen LogP contribution < -0.4 is 0 Å². The molecule has 22 heavy (non-hydrogen) atoms. The summed E-state index contributed by atoms with van der Waals surface area (Å²) in [6.07, 6.45) is 6.07. The standard InChI is InChI=1S/C16H24N4O2/c1-5-6-17-8-12(2)7-15-16(17)20-11-18(22-4)9-14(20)10-19(15)13(3)21/h8-9H,5-7,10-11H2,1-4H3. The van der Waals surface area contributed by atoms with Gasteiger partial charge in [0.1, 0.15) is 12.5 Å². The molecule has 1 amide bonds. The molecule has 3 aliphatic heterocycles. The highest BCUT2D eigenvalue weighted by atomic mass is 16.7. The second kappa shape index (κ2) is 5.68. The van der Waals surface area contributed by atoms with E-state index >= 15 is 0 Å². The molecule has 6 nitrogen and oxygen atoms in total. The maximum atomic E-state index is 12.1. The number of hydroxylamine groups is 2. The number of allylic oxidation sites excluding steroid dienone is 1. The molecule has 0 bridgehead atoms. The van der Waals surface area contributed by atoms with Crippen LogP contribution in [-0.4, -0.2) is 52.5 Å². The maximum absolute atomic E-state index is 12.1. The average Bonchev–Trinajstić information content (AvgIpc) is 2.88. The first-order valence-corrected chi connectivity index (χ1v) is 7.79. The van der Waals surface area contributed by atoms with Crippen LogP contribution in [0.4, 0.5) is 0 Å². The molecule has 0 aliphatic carbocycles. The van der Waals surface area contributed by atoms with Crippen molar-refractivity contribution >= 4 is 5.91 Å². The first-order chi connectivity index (χ1) is 10.5. The number of rotatable bonds is 3. The molecule has 0 aromatic carbocycles. The smallest absolute Gasteiger partial charge is 0.224 e. The summed E-state index contributed by atoms with van der Waals surface area (Å²) in [5.74, 6) is 1.22. The monoisotopic (exact) mass is 304 g/mol. The summed E-state index contributed by atoms with van der Waals surface area (Å²) < 4.78 is 0. The first-order valence-electron chi connectivity index (χ1n) is 7.79. The number of fused-ring (bicyclic) bond motifs is 2. The summed E-state index contributed by atoms with van der Waals surface area (Å²) in [4.78, 5) is 23.9. The summed E-state index contributed by atoms with van der Waals surface area (Å²) in [5.41, 5.74) is 3.49. The molecule has 0 unspecified atom stereocenters. The van der Waals surface area contributed by atoms with Crippen LogP contribution in [0.15, 0.2) is 35.2 Å². The minimum absolute atomic E-state index is 0.0927. The molecule has 0 saturated carbocycles. The Hall–Kier alpha value is -1.95. The van der Waals surface area contributed by atoms with E-state index in [1.807, 2.05) is 11.1 Å². The lowest BCUT2D eigenvalue weighted by molar-refractivity contribution is -0.127. The van der Waals surface area contributed by atoms with E-state index in [1.54, 1.807) is 19.1 Å². The fraction of sp³-hybridized carbons (Fsp3) is 0.562. The van der Waals surface area contributed by atoms with Gasteiger partial charge in [0.05, 0.1) is 31.2 Å². The SMILES string of the molecule is CCCN1C=C(C)CC2=C1N1CN(OC)C=C1CN2C(C)=O. The van der Waals surface area contributed by atoms with Crippen molar-refractivity contribution < 1.29 is 9.63 Å². The van der Waals surface area contributed by atoms with Gasteiger partial charge in [-0.25, -0.2) is 5.06 Å². The summed E-state index contributed by atoms with van der Waals surface area (Å²) >= 11 is 0. The zero-order valence-corrected chi connectivity index (χ0v) is 13.8. The van der Waals surface area contributed by atoms with E-state index in [0.29, 0.717) is 13.2 Å². The number of carbonyl (C=O) groups excluding carboxylic acids is 1. The van der Waals surface area contributed by atoms with Crippen LogP contribution in [0.1, 0.15) is 33.6 Å². The van der Waals surface area contributed by atoms with Gasteiger partial charge >= 0.3 is 0 Å². The van der Waals surface area contributed by atoms with Crippen LogP contribution in [0.3, 0.4) is 0 Å². The summed E-state index contributed by atoms with van der Waals surface area (Å²) in [6.45, 7) is 8.17. The summed E-state index contributed by atoms with van der Waals surface area (Å²) in [6, 6.07) is 0. The first kappa shape index (κ1) is 15.0. The molecule has 3 rings (SSSR count). The molecular formula is C16H24N4O2. The molecule has 120 valence electrons. The third-order valence-corrected chi connectivity index (χ3v) is 4.25. The second-order valence-electron chi connectivity index (χ2n) is 6.01. The van der Waals surface area contributed by atoms with Gasteiger partial charge in [-0.1, -0.05) is 12.5 Å². The molecule has 0 atom stereocenters. The van der Waals surface area contributed by atoms with Gasteiger partial charge in [0, 0.05) is 26.1 Å². The molecule has 0 radical (unpaired) electrons. The summed E-state index contributed by atoms with van der Waals surface area (Å²) in [5, 5.41) is 1.80. The minimum atomic E-state index is 0.0927. The van der Waals surface area contributed by atoms with Crippen LogP contribution in [0.2, 0.25) is 0 Å². The maximum Gasteiger partial charge on any atom is 0.224 e. The van der Waals surface area contributed by atoms with Crippen molar-refractivity contribution in [1.29, 1.82) is 0 Å². The number of hydrogen-bond donors (Lipinski definition) is 0. The quantitative estimate of drug-likeness (QED) is 0.797. The lowest BCUT2D eigenvalue weighted by atomic mass is 10.0. The highest BCUT2D eigenvalue weighted by Gasteiger charge is 2.38. The number of hydrogen-bond acceptors (Lipinski definition) is 5. The predicted octanol–water partition coefficient (Wildman–Crippen LogP) is 2.02. The average molecular weight is 304 g/mol. The van der Waals surface area contributed by atoms with Crippen molar-refractivity contribution in [1.82, 2.24) is 19.8 Å². The Morgan fingerprint density at radius 1 is 1.36 bits per heavy atom. The Kier molecular flexibility index (Phi) is 3.87. The second-order valence-corrected chi connectivity index (χ2v) is 6.01. The fourth-order valence-electron chi connectivity index (χ4n) is 3.33. The van der Waals surface area contributed by atoms with E-state index in [0.717, 1.165) is 36.6 Å². The predicted molar refractivity (Wildman–Crippen MR) is 83.4 cm³/mol. The van der Waals surface area contributed by atoms with Crippen molar-refractivity contribution in [3.05, 3.63) is 35.2 Å². The lowest BCUT2D eigenvalue weighted by Crippen LogP contribution is -2.47. The largest absolute Gasteiger partial charge is 0.333 e.